The first kappa shape index (κ1) is 12.6. The normalized spacial score (nSPS) is 15.6. The zero-order valence-corrected chi connectivity index (χ0v) is 8.18. The van der Waals surface area contributed by atoms with Crippen molar-refractivity contribution in [2.45, 2.75) is 47.6 Å². The summed E-state index contributed by atoms with van der Waals surface area (Å²) in [6.45, 7) is 12.1. The monoisotopic (exact) mass is 146 g/mol. The van der Waals surface area contributed by atoms with Gasteiger partial charge in [-0.15, -0.1) is 0 Å². The van der Waals surface area contributed by atoms with Crippen LogP contribution >= 0.6 is 0 Å². The second-order valence-corrected chi connectivity index (χ2v) is 2.84. The van der Waals surface area contributed by atoms with Crippen molar-refractivity contribution in [3.63, 3.8) is 0 Å². The molecule has 0 aromatic carbocycles. The first-order valence-corrected chi connectivity index (χ1v) is 4.23. The average Bonchev–Trinajstić information content (AvgIpc) is 1.90. The maximum absolute atomic E-state index is 8.99. The van der Waals surface area contributed by atoms with Crippen LogP contribution in [-0.2, 0) is 0 Å². The summed E-state index contributed by atoms with van der Waals surface area (Å²) in [5.41, 5.74) is 0. The van der Waals surface area contributed by atoms with Crippen molar-refractivity contribution in [2.24, 2.45) is 11.8 Å². The van der Waals surface area contributed by atoms with E-state index in [9.17, 15) is 0 Å². The van der Waals surface area contributed by atoms with Gasteiger partial charge in [0.05, 0.1) is 6.10 Å². The van der Waals surface area contributed by atoms with Crippen LogP contribution in [-0.4, -0.2) is 11.2 Å². The van der Waals surface area contributed by atoms with E-state index in [1.165, 1.54) is 0 Å². The Hall–Kier alpha value is -0.0400. The van der Waals surface area contributed by atoms with Crippen LogP contribution in [0.25, 0.3) is 0 Å². The fraction of sp³-hybridized carbons (Fsp3) is 1.00. The molecule has 0 bridgehead atoms. The van der Waals surface area contributed by atoms with Gasteiger partial charge in [0.1, 0.15) is 0 Å². The molecule has 0 saturated carbocycles. The van der Waals surface area contributed by atoms with Crippen LogP contribution in [0.4, 0.5) is 0 Å². The third kappa shape index (κ3) is 6.09. The summed E-state index contributed by atoms with van der Waals surface area (Å²) < 4.78 is 0. The van der Waals surface area contributed by atoms with Gasteiger partial charge in [0, 0.05) is 0 Å². The molecule has 0 rings (SSSR count). The molecule has 0 aliphatic carbocycles. The van der Waals surface area contributed by atoms with Gasteiger partial charge in [-0.1, -0.05) is 34.6 Å². The first-order valence-electron chi connectivity index (χ1n) is 4.23. The van der Waals surface area contributed by atoms with Crippen molar-refractivity contribution in [3.05, 3.63) is 0 Å². The van der Waals surface area contributed by atoms with E-state index in [1.807, 2.05) is 20.8 Å². The van der Waals surface area contributed by atoms with Gasteiger partial charge in [-0.2, -0.15) is 0 Å². The van der Waals surface area contributed by atoms with Crippen LogP contribution in [0.3, 0.4) is 0 Å². The van der Waals surface area contributed by atoms with E-state index < -0.39 is 0 Å². The van der Waals surface area contributed by atoms with Crippen molar-refractivity contribution >= 4 is 0 Å². The molecule has 10 heavy (non-hydrogen) atoms. The highest BCUT2D eigenvalue weighted by Crippen LogP contribution is 2.12. The fourth-order valence-electron chi connectivity index (χ4n) is 0.557. The summed E-state index contributed by atoms with van der Waals surface area (Å²) in [5.74, 6) is 1.02. The summed E-state index contributed by atoms with van der Waals surface area (Å²) in [6, 6.07) is 0. The third-order valence-corrected chi connectivity index (χ3v) is 1.81. The fourth-order valence-corrected chi connectivity index (χ4v) is 0.557. The van der Waals surface area contributed by atoms with Crippen LogP contribution in [0, 0.1) is 11.8 Å². The minimum absolute atomic E-state index is 0.157. The summed E-state index contributed by atoms with van der Waals surface area (Å²) in [7, 11) is 0. The number of rotatable bonds is 2. The minimum Gasteiger partial charge on any atom is -0.393 e. The van der Waals surface area contributed by atoms with Crippen LogP contribution < -0.4 is 0 Å². The number of hydrogen-bond acceptors (Lipinski definition) is 1. The maximum atomic E-state index is 8.99. The summed E-state index contributed by atoms with van der Waals surface area (Å²) >= 11 is 0. The number of hydrogen-bond donors (Lipinski definition) is 1. The van der Waals surface area contributed by atoms with Crippen LogP contribution in [0.1, 0.15) is 41.5 Å². The van der Waals surface area contributed by atoms with E-state index in [0.717, 1.165) is 0 Å². The standard InChI is InChI=1S/C7H16O.C2H6/c1-5(2)6(3)7(4)8;1-2/h5-8H,1-4H3;1-2H3. The molecule has 1 heteroatoms. The Balaban J connectivity index is 0. The number of aliphatic hydroxyl groups excluding tert-OH is 1. The average molecular weight is 146 g/mol. The maximum Gasteiger partial charge on any atom is 0.0540 e. The Bertz CT molecular complexity index is 49.7. The van der Waals surface area contributed by atoms with Gasteiger partial charge in [0.2, 0.25) is 0 Å². The van der Waals surface area contributed by atoms with Gasteiger partial charge in [-0.3, -0.25) is 0 Å². The van der Waals surface area contributed by atoms with Gasteiger partial charge in [0.15, 0.2) is 0 Å². The van der Waals surface area contributed by atoms with Crippen molar-refractivity contribution in [2.75, 3.05) is 0 Å². The molecule has 0 aromatic rings. The van der Waals surface area contributed by atoms with Crippen LogP contribution in [0.2, 0.25) is 0 Å². The van der Waals surface area contributed by atoms with E-state index >= 15 is 0 Å². The van der Waals surface area contributed by atoms with Gasteiger partial charge in [0.25, 0.3) is 0 Å². The molecular weight excluding hydrogens is 124 g/mol. The van der Waals surface area contributed by atoms with Gasteiger partial charge in [-0.05, 0) is 18.8 Å². The zero-order valence-electron chi connectivity index (χ0n) is 8.18. The minimum atomic E-state index is -0.157. The van der Waals surface area contributed by atoms with Gasteiger partial charge >= 0.3 is 0 Å². The topological polar surface area (TPSA) is 20.2 Å². The third-order valence-electron chi connectivity index (χ3n) is 1.81. The van der Waals surface area contributed by atoms with Crippen LogP contribution in [0.5, 0.6) is 0 Å². The second kappa shape index (κ2) is 7.07. The van der Waals surface area contributed by atoms with Crippen molar-refractivity contribution in [3.8, 4) is 0 Å². The second-order valence-electron chi connectivity index (χ2n) is 2.84. The SMILES string of the molecule is CC.CC(C)C(C)C(C)O. The Kier molecular flexibility index (Phi) is 8.92. The Morgan fingerprint density at radius 2 is 1.20 bits per heavy atom. The first-order chi connectivity index (χ1) is 4.55. The summed E-state index contributed by atoms with van der Waals surface area (Å²) in [6.07, 6.45) is -0.157. The molecule has 64 valence electrons. The molecule has 0 spiro atoms. The number of aliphatic hydroxyl groups is 1. The molecular formula is C9H22O. The molecule has 0 saturated heterocycles. The van der Waals surface area contributed by atoms with Crippen molar-refractivity contribution < 1.29 is 5.11 Å². The molecule has 0 amide bonds. The molecule has 0 aliphatic heterocycles. The van der Waals surface area contributed by atoms with E-state index in [0.29, 0.717) is 11.8 Å². The Labute approximate surface area is 65.5 Å². The van der Waals surface area contributed by atoms with Crippen LogP contribution in [0.15, 0.2) is 0 Å². The molecule has 1 nitrogen and oxygen atoms in total. The molecule has 0 radical (unpaired) electrons. The van der Waals surface area contributed by atoms with E-state index in [4.69, 9.17) is 5.11 Å². The molecule has 0 fully saturated rings. The van der Waals surface area contributed by atoms with Crippen molar-refractivity contribution in [1.29, 1.82) is 0 Å². The molecule has 2 atom stereocenters. The summed E-state index contributed by atoms with van der Waals surface area (Å²) in [5, 5.41) is 8.99. The van der Waals surface area contributed by atoms with E-state index in [2.05, 4.69) is 20.8 Å². The quantitative estimate of drug-likeness (QED) is 0.635. The highest BCUT2D eigenvalue weighted by atomic mass is 16.3. The van der Waals surface area contributed by atoms with Gasteiger partial charge < -0.3 is 5.11 Å². The lowest BCUT2D eigenvalue weighted by Crippen LogP contribution is -2.18. The smallest absolute Gasteiger partial charge is 0.0540 e. The molecule has 0 heterocycles. The lowest BCUT2D eigenvalue weighted by atomic mass is 9.93. The zero-order chi connectivity index (χ0) is 8.73. The van der Waals surface area contributed by atoms with Gasteiger partial charge in [-0.25, -0.2) is 0 Å². The molecule has 0 aromatic heterocycles. The molecule has 1 N–H and O–H groups in total. The lowest BCUT2D eigenvalue weighted by molar-refractivity contribution is 0.109. The summed E-state index contributed by atoms with van der Waals surface area (Å²) in [4.78, 5) is 0. The highest BCUT2D eigenvalue weighted by Gasteiger charge is 2.11. The predicted molar refractivity (Wildman–Crippen MR) is 47.0 cm³/mol. The van der Waals surface area contributed by atoms with E-state index in [-0.39, 0.29) is 6.10 Å². The largest absolute Gasteiger partial charge is 0.393 e. The lowest BCUT2D eigenvalue weighted by Gasteiger charge is -2.17. The predicted octanol–water partition coefficient (Wildman–Crippen LogP) is 2.69. The van der Waals surface area contributed by atoms with Crippen molar-refractivity contribution in [1.82, 2.24) is 0 Å². The Morgan fingerprint density at radius 3 is 1.20 bits per heavy atom. The molecule has 0 aliphatic rings. The Morgan fingerprint density at radius 1 is 0.900 bits per heavy atom. The van der Waals surface area contributed by atoms with E-state index in [1.54, 1.807) is 0 Å². The molecule has 2 unspecified atom stereocenters. The highest BCUT2D eigenvalue weighted by molar-refractivity contribution is 4.61.